The molecule has 0 aliphatic carbocycles. The van der Waals surface area contributed by atoms with E-state index in [4.69, 9.17) is 4.74 Å². The van der Waals surface area contributed by atoms with Gasteiger partial charge in [-0.1, -0.05) is 44.2 Å². The van der Waals surface area contributed by atoms with E-state index in [2.05, 4.69) is 0 Å². The maximum absolute atomic E-state index is 10.3. The van der Waals surface area contributed by atoms with Crippen molar-refractivity contribution in [2.75, 3.05) is 6.61 Å². The molecule has 2 N–H and O–H groups in total. The Morgan fingerprint density at radius 2 is 1.75 bits per heavy atom. The van der Waals surface area contributed by atoms with Gasteiger partial charge in [0, 0.05) is 5.56 Å². The summed E-state index contributed by atoms with van der Waals surface area (Å²) in [6.07, 6.45) is 1.29. The summed E-state index contributed by atoms with van der Waals surface area (Å²) in [7, 11) is 0. The minimum atomic E-state index is -0.807. The van der Waals surface area contributed by atoms with E-state index in [1.165, 1.54) is 0 Å². The van der Waals surface area contributed by atoms with E-state index in [1.54, 1.807) is 0 Å². The molecule has 3 nitrogen and oxygen atoms in total. The smallest absolute Gasteiger partial charge is 0.125 e. The highest BCUT2D eigenvalue weighted by atomic mass is 16.5. The highest BCUT2D eigenvalue weighted by molar-refractivity contribution is 5.87. The summed E-state index contributed by atoms with van der Waals surface area (Å²) < 4.78 is 5.77. The molecule has 0 aliphatic heterocycles. The number of aliphatic hydroxyl groups excluding tert-OH is 1. The van der Waals surface area contributed by atoms with Gasteiger partial charge in [-0.05, 0) is 29.7 Å². The zero-order valence-electron chi connectivity index (χ0n) is 12.1. The first-order chi connectivity index (χ1) is 9.63. The fourth-order valence-electron chi connectivity index (χ4n) is 2.28. The number of fused-ring (bicyclic) bond motifs is 1. The quantitative estimate of drug-likeness (QED) is 0.850. The predicted octanol–water partition coefficient (Wildman–Crippen LogP) is 3.26. The van der Waals surface area contributed by atoms with Gasteiger partial charge in [0.1, 0.15) is 12.4 Å². The molecular formula is C17H22O3. The van der Waals surface area contributed by atoms with Crippen LogP contribution >= 0.6 is 0 Å². The van der Waals surface area contributed by atoms with Crippen LogP contribution in [0.1, 0.15) is 32.3 Å². The molecule has 0 spiro atoms. The van der Waals surface area contributed by atoms with Gasteiger partial charge in [0.2, 0.25) is 0 Å². The Morgan fingerprint density at radius 1 is 1.05 bits per heavy atom. The normalized spacial score (nSPS) is 11.8. The molecule has 2 aromatic carbocycles. The first-order valence-corrected chi connectivity index (χ1v) is 7.10. The van der Waals surface area contributed by atoms with Crippen LogP contribution in [0.5, 0.6) is 5.75 Å². The number of hydrogen-bond donors (Lipinski definition) is 2. The van der Waals surface area contributed by atoms with Gasteiger partial charge < -0.3 is 14.9 Å². The van der Waals surface area contributed by atoms with Gasteiger partial charge in [0.05, 0.1) is 12.2 Å². The summed E-state index contributed by atoms with van der Waals surface area (Å²) in [4.78, 5) is 0. The van der Waals surface area contributed by atoms with E-state index >= 15 is 0 Å². The maximum atomic E-state index is 10.3. The van der Waals surface area contributed by atoms with E-state index in [-0.39, 0.29) is 13.2 Å². The molecule has 0 bridgehead atoms. The summed E-state index contributed by atoms with van der Waals surface area (Å²) in [5, 5.41) is 22.0. The third kappa shape index (κ3) is 2.94. The van der Waals surface area contributed by atoms with Crippen LogP contribution in [0.15, 0.2) is 36.4 Å². The van der Waals surface area contributed by atoms with Crippen molar-refractivity contribution < 1.29 is 14.9 Å². The summed E-state index contributed by atoms with van der Waals surface area (Å²) in [5.74, 6) is 0.645. The molecule has 0 heterocycles. The number of ether oxygens (including phenoxy) is 1. The molecule has 20 heavy (non-hydrogen) atoms. The number of hydrogen-bond acceptors (Lipinski definition) is 3. The zero-order chi connectivity index (χ0) is 14.6. The van der Waals surface area contributed by atoms with Gasteiger partial charge in [-0.15, -0.1) is 0 Å². The van der Waals surface area contributed by atoms with Gasteiger partial charge in [-0.2, -0.15) is 0 Å². The van der Waals surface area contributed by atoms with Crippen molar-refractivity contribution in [1.29, 1.82) is 0 Å². The third-order valence-electron chi connectivity index (χ3n) is 3.97. The van der Waals surface area contributed by atoms with Crippen molar-refractivity contribution in [2.45, 2.75) is 38.9 Å². The fraction of sp³-hybridized carbons (Fsp3) is 0.412. The van der Waals surface area contributed by atoms with E-state index in [1.807, 2.05) is 50.2 Å². The van der Waals surface area contributed by atoms with Crippen LogP contribution in [-0.2, 0) is 6.61 Å². The van der Waals surface area contributed by atoms with Gasteiger partial charge >= 0.3 is 0 Å². The second kappa shape index (κ2) is 6.25. The van der Waals surface area contributed by atoms with Gasteiger partial charge in [0.15, 0.2) is 0 Å². The lowest BCUT2D eigenvalue weighted by atomic mass is 9.99. The summed E-state index contributed by atoms with van der Waals surface area (Å²) in [5.41, 5.74) is -0.0316. The highest BCUT2D eigenvalue weighted by Crippen LogP contribution is 2.29. The molecule has 3 heteroatoms. The molecule has 0 fully saturated rings. The molecule has 0 radical (unpaired) electrons. The van der Waals surface area contributed by atoms with Gasteiger partial charge in [-0.25, -0.2) is 0 Å². The van der Waals surface area contributed by atoms with Crippen LogP contribution in [0.3, 0.4) is 0 Å². The number of rotatable bonds is 6. The molecule has 0 saturated heterocycles. The predicted molar refractivity (Wildman–Crippen MR) is 80.9 cm³/mol. The molecule has 108 valence electrons. The lowest BCUT2D eigenvalue weighted by Crippen LogP contribution is -2.34. The molecular weight excluding hydrogens is 252 g/mol. The second-order valence-electron chi connectivity index (χ2n) is 5.14. The average molecular weight is 274 g/mol. The number of benzene rings is 2. The molecule has 0 aliphatic rings. The first-order valence-electron chi connectivity index (χ1n) is 7.10. The average Bonchev–Trinajstić information content (AvgIpc) is 2.51. The second-order valence-corrected chi connectivity index (χ2v) is 5.14. The maximum Gasteiger partial charge on any atom is 0.125 e. The van der Waals surface area contributed by atoms with Gasteiger partial charge in [-0.3, -0.25) is 0 Å². The van der Waals surface area contributed by atoms with E-state index in [9.17, 15) is 10.2 Å². The Kier molecular flexibility index (Phi) is 4.63. The highest BCUT2D eigenvalue weighted by Gasteiger charge is 2.23. The minimum Gasteiger partial charge on any atom is -0.490 e. The summed E-state index contributed by atoms with van der Waals surface area (Å²) in [6.45, 7) is 4.05. The summed E-state index contributed by atoms with van der Waals surface area (Å²) >= 11 is 0. The van der Waals surface area contributed by atoms with Crippen molar-refractivity contribution >= 4 is 10.8 Å². The Morgan fingerprint density at radius 3 is 2.40 bits per heavy atom. The monoisotopic (exact) mass is 274 g/mol. The van der Waals surface area contributed by atoms with E-state index in [0.717, 1.165) is 16.3 Å². The SMILES string of the molecule is CCC(O)(CC)COc1ccc2ccccc2c1CO. The van der Waals surface area contributed by atoms with E-state index < -0.39 is 5.60 Å². The largest absolute Gasteiger partial charge is 0.490 e. The first kappa shape index (κ1) is 14.8. The van der Waals surface area contributed by atoms with E-state index in [0.29, 0.717) is 18.6 Å². The Hall–Kier alpha value is -1.58. The van der Waals surface area contributed by atoms with Crippen molar-refractivity contribution in [1.82, 2.24) is 0 Å². The van der Waals surface area contributed by atoms with Crippen LogP contribution in [0, 0.1) is 0 Å². The summed E-state index contributed by atoms with van der Waals surface area (Å²) in [6, 6.07) is 11.7. The van der Waals surface area contributed by atoms with Crippen molar-refractivity contribution in [2.24, 2.45) is 0 Å². The topological polar surface area (TPSA) is 49.7 Å². The molecule has 0 saturated carbocycles. The number of aliphatic hydroxyl groups is 2. The zero-order valence-corrected chi connectivity index (χ0v) is 12.1. The van der Waals surface area contributed by atoms with Crippen molar-refractivity contribution in [3.63, 3.8) is 0 Å². The van der Waals surface area contributed by atoms with Crippen LogP contribution < -0.4 is 4.74 Å². The van der Waals surface area contributed by atoms with Gasteiger partial charge in [0.25, 0.3) is 0 Å². The molecule has 0 amide bonds. The minimum absolute atomic E-state index is 0.0760. The Balaban J connectivity index is 2.30. The molecule has 2 aromatic rings. The van der Waals surface area contributed by atoms with Crippen LogP contribution in [0.2, 0.25) is 0 Å². The lowest BCUT2D eigenvalue weighted by Gasteiger charge is -2.26. The van der Waals surface area contributed by atoms with Crippen molar-refractivity contribution in [3.8, 4) is 5.75 Å². The lowest BCUT2D eigenvalue weighted by molar-refractivity contribution is -0.0118. The molecule has 0 aromatic heterocycles. The van der Waals surface area contributed by atoms with Crippen LogP contribution in [0.25, 0.3) is 10.8 Å². The van der Waals surface area contributed by atoms with Crippen molar-refractivity contribution in [3.05, 3.63) is 42.0 Å². The molecule has 2 rings (SSSR count). The Bertz CT molecular complexity index is 573. The molecule has 0 unspecified atom stereocenters. The fourth-order valence-corrected chi connectivity index (χ4v) is 2.28. The standard InChI is InChI=1S/C17H22O3/c1-3-17(19,4-2)12-20-16-10-9-13-7-5-6-8-14(13)15(16)11-18/h5-10,18-19H,3-4,11-12H2,1-2H3. The van der Waals surface area contributed by atoms with Crippen LogP contribution in [0.4, 0.5) is 0 Å². The third-order valence-corrected chi connectivity index (χ3v) is 3.97. The molecule has 0 atom stereocenters. The Labute approximate surface area is 119 Å². The van der Waals surface area contributed by atoms with Crippen LogP contribution in [-0.4, -0.2) is 22.4 Å².